The Morgan fingerprint density at radius 1 is 1.33 bits per heavy atom. The molecule has 0 spiro atoms. The number of thiocarbonyl (C=S) groups is 1. The van der Waals surface area contributed by atoms with Gasteiger partial charge in [-0.1, -0.05) is 22.9 Å². The first-order valence-electron chi connectivity index (χ1n) is 7.38. The molecule has 2 aromatic carbocycles. The van der Waals surface area contributed by atoms with Crippen molar-refractivity contribution in [2.24, 2.45) is 0 Å². The van der Waals surface area contributed by atoms with E-state index in [2.05, 4.69) is 15.6 Å². The molecule has 11 heteroatoms. The second-order valence-electron chi connectivity index (χ2n) is 5.18. The van der Waals surface area contributed by atoms with Crippen LogP contribution in [0, 0.1) is 10.1 Å². The van der Waals surface area contributed by atoms with Gasteiger partial charge in [-0.15, -0.1) is 0 Å². The minimum absolute atomic E-state index is 0.0237. The summed E-state index contributed by atoms with van der Waals surface area (Å²) in [5, 5.41) is 17.0. The zero-order chi connectivity index (χ0) is 19.6. The maximum absolute atomic E-state index is 12.4. The van der Waals surface area contributed by atoms with Gasteiger partial charge in [0, 0.05) is 17.2 Å². The first-order valence-corrected chi connectivity index (χ1v) is 8.98. The molecule has 3 aromatic rings. The molecule has 1 amide bonds. The summed E-state index contributed by atoms with van der Waals surface area (Å²) in [5.74, 6) is -0.143. The van der Waals surface area contributed by atoms with E-state index < -0.39 is 10.8 Å². The molecule has 0 unspecified atom stereocenters. The number of methoxy groups -OCH3 is 1. The van der Waals surface area contributed by atoms with Crippen LogP contribution in [0.15, 0.2) is 36.4 Å². The van der Waals surface area contributed by atoms with E-state index in [1.807, 2.05) is 0 Å². The van der Waals surface area contributed by atoms with Gasteiger partial charge in [-0.3, -0.25) is 20.2 Å². The number of benzene rings is 2. The molecule has 0 saturated heterocycles. The molecule has 0 fully saturated rings. The fourth-order valence-corrected chi connectivity index (χ4v) is 3.57. The molecular weight excluding hydrogens is 412 g/mol. The van der Waals surface area contributed by atoms with Crippen molar-refractivity contribution in [3.8, 4) is 5.75 Å². The molecule has 0 saturated carbocycles. The lowest BCUT2D eigenvalue weighted by Crippen LogP contribution is -2.34. The van der Waals surface area contributed by atoms with E-state index in [4.69, 9.17) is 28.6 Å². The predicted molar refractivity (Wildman–Crippen MR) is 108 cm³/mol. The number of nitro groups is 1. The van der Waals surface area contributed by atoms with Crippen molar-refractivity contribution < 1.29 is 14.5 Å². The number of rotatable bonds is 4. The van der Waals surface area contributed by atoms with Gasteiger partial charge in [0.1, 0.15) is 5.75 Å². The molecule has 0 aliphatic rings. The highest BCUT2D eigenvalue weighted by Crippen LogP contribution is 2.29. The Morgan fingerprint density at radius 3 is 2.81 bits per heavy atom. The molecule has 1 aromatic heterocycles. The average Bonchev–Trinajstić information content (AvgIpc) is 3.02. The number of nitrogens with zero attached hydrogens (tertiary/aromatic N) is 2. The Kier molecular flexibility index (Phi) is 5.49. The first kappa shape index (κ1) is 19.0. The normalized spacial score (nSPS) is 10.4. The Balaban J connectivity index is 1.74. The van der Waals surface area contributed by atoms with Gasteiger partial charge < -0.3 is 10.1 Å². The zero-order valence-electron chi connectivity index (χ0n) is 13.7. The average molecular weight is 423 g/mol. The second kappa shape index (κ2) is 7.82. The van der Waals surface area contributed by atoms with E-state index in [-0.39, 0.29) is 16.4 Å². The van der Waals surface area contributed by atoms with Crippen molar-refractivity contribution in [2.45, 2.75) is 0 Å². The van der Waals surface area contributed by atoms with E-state index in [1.165, 1.54) is 36.6 Å². The van der Waals surface area contributed by atoms with Gasteiger partial charge in [0.05, 0.1) is 27.8 Å². The largest absolute Gasteiger partial charge is 0.496 e. The van der Waals surface area contributed by atoms with Crippen LogP contribution in [0.3, 0.4) is 0 Å². The molecule has 0 bridgehead atoms. The lowest BCUT2D eigenvalue weighted by molar-refractivity contribution is -0.384. The van der Waals surface area contributed by atoms with E-state index in [0.29, 0.717) is 26.1 Å². The summed E-state index contributed by atoms with van der Waals surface area (Å²) in [4.78, 5) is 27.1. The van der Waals surface area contributed by atoms with Gasteiger partial charge in [-0.05, 0) is 36.5 Å². The lowest BCUT2D eigenvalue weighted by Gasteiger charge is -2.10. The SMILES string of the molecule is COc1ccc(Cl)cc1C(=O)NC(=S)Nc1nc2ccc([N+](=O)[O-])cc2s1. The fourth-order valence-electron chi connectivity index (χ4n) is 2.24. The van der Waals surface area contributed by atoms with Crippen LogP contribution in [0.1, 0.15) is 10.4 Å². The Labute approximate surface area is 167 Å². The monoisotopic (exact) mass is 422 g/mol. The van der Waals surface area contributed by atoms with Crippen LogP contribution in [-0.2, 0) is 0 Å². The van der Waals surface area contributed by atoms with E-state index in [1.54, 1.807) is 18.2 Å². The number of anilines is 1. The molecule has 138 valence electrons. The van der Waals surface area contributed by atoms with Crippen LogP contribution in [0.4, 0.5) is 10.8 Å². The van der Waals surface area contributed by atoms with Crippen molar-refractivity contribution in [1.29, 1.82) is 0 Å². The third-order valence-corrected chi connectivity index (χ3v) is 4.81. The third kappa shape index (κ3) is 4.30. The van der Waals surface area contributed by atoms with Crippen molar-refractivity contribution in [3.63, 3.8) is 0 Å². The summed E-state index contributed by atoms with van der Waals surface area (Å²) >= 11 is 12.2. The lowest BCUT2D eigenvalue weighted by atomic mass is 10.2. The standard InChI is InChI=1S/C16H11ClN4O4S2/c1-25-12-5-2-8(17)6-10(12)14(22)19-15(26)20-16-18-11-4-3-9(21(23)24)7-13(11)27-16/h2-7H,1H3,(H2,18,19,20,22,26). The van der Waals surface area contributed by atoms with Crippen LogP contribution in [-0.4, -0.2) is 28.0 Å². The highest BCUT2D eigenvalue weighted by Gasteiger charge is 2.16. The quantitative estimate of drug-likeness (QED) is 0.372. The van der Waals surface area contributed by atoms with Gasteiger partial charge in [0.15, 0.2) is 10.2 Å². The predicted octanol–water partition coefficient (Wildman–Crippen LogP) is 3.99. The number of nitro benzene ring substituents is 1. The number of ether oxygens (including phenoxy) is 1. The first-order chi connectivity index (χ1) is 12.9. The van der Waals surface area contributed by atoms with Crippen molar-refractivity contribution in [3.05, 3.63) is 57.1 Å². The summed E-state index contributed by atoms with van der Waals surface area (Å²) < 4.78 is 5.77. The van der Waals surface area contributed by atoms with E-state index in [9.17, 15) is 14.9 Å². The molecule has 0 radical (unpaired) electrons. The van der Waals surface area contributed by atoms with Gasteiger partial charge in [0.2, 0.25) is 0 Å². The molecule has 8 nitrogen and oxygen atoms in total. The minimum Gasteiger partial charge on any atom is -0.496 e. The van der Waals surface area contributed by atoms with E-state index >= 15 is 0 Å². The summed E-state index contributed by atoms with van der Waals surface area (Å²) in [6.45, 7) is 0. The summed E-state index contributed by atoms with van der Waals surface area (Å²) in [6.07, 6.45) is 0. The molecule has 0 aliphatic carbocycles. The van der Waals surface area contributed by atoms with Gasteiger partial charge in [-0.2, -0.15) is 0 Å². The highest BCUT2D eigenvalue weighted by atomic mass is 35.5. The highest BCUT2D eigenvalue weighted by molar-refractivity contribution is 7.80. The summed E-state index contributed by atoms with van der Waals surface area (Å²) in [5.41, 5.74) is 0.787. The topological polar surface area (TPSA) is 106 Å². The Morgan fingerprint density at radius 2 is 2.11 bits per heavy atom. The number of non-ortho nitro benzene ring substituents is 1. The van der Waals surface area contributed by atoms with Gasteiger partial charge >= 0.3 is 0 Å². The summed E-state index contributed by atoms with van der Waals surface area (Å²) in [7, 11) is 1.44. The van der Waals surface area contributed by atoms with Gasteiger partial charge in [-0.25, -0.2) is 4.98 Å². The van der Waals surface area contributed by atoms with Crippen LogP contribution in [0.2, 0.25) is 5.02 Å². The molecular formula is C16H11ClN4O4S2. The van der Waals surface area contributed by atoms with Crippen molar-refractivity contribution in [2.75, 3.05) is 12.4 Å². The molecule has 3 rings (SSSR count). The molecule has 2 N–H and O–H groups in total. The number of nitrogens with one attached hydrogen (secondary N) is 2. The third-order valence-electron chi connectivity index (χ3n) is 3.44. The Bertz CT molecular complexity index is 1070. The number of hydrogen-bond donors (Lipinski definition) is 2. The number of carbonyl (C=O) groups is 1. The number of aromatic nitrogens is 1. The number of thiazole rings is 1. The molecule has 27 heavy (non-hydrogen) atoms. The fraction of sp³-hybridized carbons (Fsp3) is 0.0625. The summed E-state index contributed by atoms with van der Waals surface area (Å²) in [6, 6.07) is 9.00. The molecule has 0 atom stereocenters. The number of amides is 1. The van der Waals surface area contributed by atoms with E-state index in [0.717, 1.165) is 0 Å². The maximum atomic E-state index is 12.4. The molecule has 0 aliphatic heterocycles. The number of hydrogen-bond acceptors (Lipinski definition) is 7. The second-order valence-corrected chi connectivity index (χ2v) is 7.06. The van der Waals surface area contributed by atoms with Gasteiger partial charge in [0.25, 0.3) is 11.6 Å². The number of halogens is 1. The maximum Gasteiger partial charge on any atom is 0.270 e. The smallest absolute Gasteiger partial charge is 0.270 e. The Hall–Kier alpha value is -2.82. The van der Waals surface area contributed by atoms with Crippen LogP contribution in [0.5, 0.6) is 5.75 Å². The zero-order valence-corrected chi connectivity index (χ0v) is 16.1. The number of carbonyl (C=O) groups excluding carboxylic acids is 1. The van der Waals surface area contributed by atoms with Crippen LogP contribution < -0.4 is 15.4 Å². The number of fused-ring (bicyclic) bond motifs is 1. The molecule has 1 heterocycles. The van der Waals surface area contributed by atoms with Crippen LogP contribution >= 0.6 is 35.2 Å². The minimum atomic E-state index is -0.497. The van der Waals surface area contributed by atoms with Crippen molar-refractivity contribution in [1.82, 2.24) is 10.3 Å². The van der Waals surface area contributed by atoms with Crippen molar-refractivity contribution >= 4 is 67.2 Å². The van der Waals surface area contributed by atoms with Crippen LogP contribution in [0.25, 0.3) is 10.2 Å².